The summed E-state index contributed by atoms with van der Waals surface area (Å²) in [4.78, 5) is 12.1. The number of amides is 1. The molecular formula is C13H21F3N2O. The second-order valence-electron chi connectivity index (χ2n) is 5.79. The summed E-state index contributed by atoms with van der Waals surface area (Å²) < 4.78 is 38.8. The Hall–Kier alpha value is -0.780. The van der Waals surface area contributed by atoms with E-state index in [1.54, 1.807) is 0 Å². The molecule has 1 heterocycles. The third-order valence-electron chi connectivity index (χ3n) is 4.37. The second kappa shape index (κ2) is 5.69. The molecule has 2 N–H and O–H groups in total. The molecule has 4 unspecified atom stereocenters. The Morgan fingerprint density at radius 2 is 1.89 bits per heavy atom. The monoisotopic (exact) mass is 278 g/mol. The van der Waals surface area contributed by atoms with Gasteiger partial charge in [0.15, 0.2) is 0 Å². The molecule has 1 aliphatic heterocycles. The molecule has 2 fully saturated rings. The topological polar surface area (TPSA) is 41.1 Å². The Labute approximate surface area is 111 Å². The molecule has 6 heteroatoms. The number of alkyl halides is 3. The van der Waals surface area contributed by atoms with Gasteiger partial charge in [-0.25, -0.2) is 0 Å². The molecule has 3 nitrogen and oxygen atoms in total. The van der Waals surface area contributed by atoms with Crippen LogP contribution in [-0.4, -0.2) is 31.2 Å². The first-order valence-electron chi connectivity index (χ1n) is 6.97. The van der Waals surface area contributed by atoms with Gasteiger partial charge in [-0.15, -0.1) is 0 Å². The van der Waals surface area contributed by atoms with Crippen molar-refractivity contribution in [1.29, 1.82) is 0 Å². The smallest absolute Gasteiger partial charge is 0.352 e. The van der Waals surface area contributed by atoms with Crippen molar-refractivity contribution in [2.75, 3.05) is 13.1 Å². The SMILES string of the molecule is CC1CNCC1NC(=O)C1CCCCC1C(F)(F)F. The zero-order valence-corrected chi connectivity index (χ0v) is 11.1. The Morgan fingerprint density at radius 1 is 1.21 bits per heavy atom. The van der Waals surface area contributed by atoms with Gasteiger partial charge in [0.25, 0.3) is 0 Å². The van der Waals surface area contributed by atoms with Gasteiger partial charge in [-0.3, -0.25) is 4.79 Å². The number of hydrogen-bond acceptors (Lipinski definition) is 2. The lowest BCUT2D eigenvalue weighted by Crippen LogP contribution is -2.47. The minimum absolute atomic E-state index is 0.0386. The summed E-state index contributed by atoms with van der Waals surface area (Å²) in [5.41, 5.74) is 0. The molecule has 1 aliphatic carbocycles. The molecule has 2 aliphatic rings. The van der Waals surface area contributed by atoms with Crippen LogP contribution >= 0.6 is 0 Å². The Balaban J connectivity index is 1.99. The third-order valence-corrected chi connectivity index (χ3v) is 4.37. The van der Waals surface area contributed by atoms with Crippen molar-refractivity contribution in [1.82, 2.24) is 10.6 Å². The van der Waals surface area contributed by atoms with Crippen molar-refractivity contribution < 1.29 is 18.0 Å². The summed E-state index contributed by atoms with van der Waals surface area (Å²) in [5, 5.41) is 5.93. The van der Waals surface area contributed by atoms with Crippen LogP contribution in [0.3, 0.4) is 0 Å². The number of halogens is 3. The number of hydrogen-bond donors (Lipinski definition) is 2. The lowest BCUT2D eigenvalue weighted by Gasteiger charge is -2.33. The zero-order chi connectivity index (χ0) is 14.0. The van der Waals surface area contributed by atoms with Gasteiger partial charge in [0.05, 0.1) is 5.92 Å². The van der Waals surface area contributed by atoms with Crippen molar-refractivity contribution in [3.8, 4) is 0 Å². The second-order valence-corrected chi connectivity index (χ2v) is 5.79. The first kappa shape index (κ1) is 14.6. The lowest BCUT2D eigenvalue weighted by atomic mass is 9.78. The van der Waals surface area contributed by atoms with E-state index >= 15 is 0 Å². The highest BCUT2D eigenvalue weighted by Crippen LogP contribution is 2.41. The molecule has 19 heavy (non-hydrogen) atoms. The van der Waals surface area contributed by atoms with Crippen molar-refractivity contribution >= 4 is 5.91 Å². The normalized spacial score (nSPS) is 36.2. The van der Waals surface area contributed by atoms with Crippen LogP contribution in [0.25, 0.3) is 0 Å². The molecule has 2 rings (SSSR count). The highest BCUT2D eigenvalue weighted by atomic mass is 19.4. The van der Waals surface area contributed by atoms with Gasteiger partial charge in [0.1, 0.15) is 0 Å². The van der Waals surface area contributed by atoms with Crippen LogP contribution < -0.4 is 10.6 Å². The van der Waals surface area contributed by atoms with E-state index < -0.39 is 23.9 Å². The Bertz CT molecular complexity index is 332. The largest absolute Gasteiger partial charge is 0.392 e. The van der Waals surface area contributed by atoms with Crippen molar-refractivity contribution in [3.63, 3.8) is 0 Å². The quantitative estimate of drug-likeness (QED) is 0.812. The first-order valence-corrected chi connectivity index (χ1v) is 6.97. The van der Waals surface area contributed by atoms with E-state index in [1.807, 2.05) is 6.92 Å². The number of nitrogens with one attached hydrogen (secondary N) is 2. The van der Waals surface area contributed by atoms with E-state index in [0.29, 0.717) is 25.8 Å². The minimum atomic E-state index is -4.26. The molecule has 0 bridgehead atoms. The molecule has 0 aromatic heterocycles. The third kappa shape index (κ3) is 3.41. The summed E-state index contributed by atoms with van der Waals surface area (Å²) >= 11 is 0. The van der Waals surface area contributed by atoms with Crippen LogP contribution in [-0.2, 0) is 4.79 Å². The Morgan fingerprint density at radius 3 is 2.47 bits per heavy atom. The minimum Gasteiger partial charge on any atom is -0.352 e. The predicted octanol–water partition coefficient (Wildman–Crippen LogP) is 2.08. The lowest BCUT2D eigenvalue weighted by molar-refractivity contribution is -0.198. The van der Waals surface area contributed by atoms with E-state index in [0.717, 1.165) is 6.54 Å². The van der Waals surface area contributed by atoms with Gasteiger partial charge in [-0.2, -0.15) is 13.2 Å². The maximum atomic E-state index is 12.9. The van der Waals surface area contributed by atoms with Crippen molar-refractivity contribution in [2.24, 2.45) is 17.8 Å². The summed E-state index contributed by atoms with van der Waals surface area (Å²) in [6, 6.07) is -0.0386. The van der Waals surface area contributed by atoms with E-state index in [4.69, 9.17) is 0 Å². The molecule has 4 atom stereocenters. The highest BCUT2D eigenvalue weighted by molar-refractivity contribution is 5.79. The van der Waals surface area contributed by atoms with E-state index in [-0.39, 0.29) is 18.4 Å². The molecular weight excluding hydrogens is 257 g/mol. The summed E-state index contributed by atoms with van der Waals surface area (Å²) in [5.74, 6) is -2.51. The van der Waals surface area contributed by atoms with Crippen LogP contribution in [0.1, 0.15) is 32.6 Å². The number of rotatable bonds is 2. The van der Waals surface area contributed by atoms with Gasteiger partial charge in [-0.1, -0.05) is 19.8 Å². The van der Waals surface area contributed by atoms with Crippen LogP contribution in [0.5, 0.6) is 0 Å². The maximum Gasteiger partial charge on any atom is 0.392 e. The van der Waals surface area contributed by atoms with E-state index in [1.165, 1.54) is 0 Å². The van der Waals surface area contributed by atoms with Gasteiger partial charge < -0.3 is 10.6 Å². The number of carbonyl (C=O) groups excluding carboxylic acids is 1. The van der Waals surface area contributed by atoms with Crippen LogP contribution in [0.15, 0.2) is 0 Å². The fourth-order valence-electron chi connectivity index (χ4n) is 3.13. The van der Waals surface area contributed by atoms with E-state index in [9.17, 15) is 18.0 Å². The average molecular weight is 278 g/mol. The molecule has 0 spiro atoms. The van der Waals surface area contributed by atoms with Crippen LogP contribution in [0.2, 0.25) is 0 Å². The molecule has 0 aromatic carbocycles. The summed E-state index contributed by atoms with van der Waals surface area (Å²) in [6.07, 6.45) is -2.55. The first-order chi connectivity index (χ1) is 8.89. The average Bonchev–Trinajstić information content (AvgIpc) is 2.74. The summed E-state index contributed by atoms with van der Waals surface area (Å²) in [7, 11) is 0. The summed E-state index contributed by atoms with van der Waals surface area (Å²) in [6.45, 7) is 3.45. The fourth-order valence-corrected chi connectivity index (χ4v) is 3.13. The molecule has 0 radical (unpaired) electrons. The highest BCUT2D eigenvalue weighted by Gasteiger charge is 2.48. The van der Waals surface area contributed by atoms with Gasteiger partial charge >= 0.3 is 6.18 Å². The van der Waals surface area contributed by atoms with E-state index in [2.05, 4.69) is 10.6 Å². The molecule has 0 aromatic rings. The number of carbonyl (C=O) groups is 1. The Kier molecular flexibility index (Phi) is 4.38. The molecule has 1 saturated carbocycles. The molecule has 110 valence electrons. The standard InChI is InChI=1S/C13H21F3N2O/c1-8-6-17-7-11(8)18-12(19)9-4-2-3-5-10(9)13(14,15)16/h8-11,17H,2-7H2,1H3,(H,18,19). The zero-order valence-electron chi connectivity index (χ0n) is 11.1. The van der Waals surface area contributed by atoms with Crippen molar-refractivity contribution in [2.45, 2.75) is 44.8 Å². The molecule has 1 saturated heterocycles. The maximum absolute atomic E-state index is 12.9. The van der Waals surface area contributed by atoms with Crippen LogP contribution in [0.4, 0.5) is 13.2 Å². The van der Waals surface area contributed by atoms with Crippen LogP contribution in [0, 0.1) is 17.8 Å². The predicted molar refractivity (Wildman–Crippen MR) is 65.5 cm³/mol. The fraction of sp³-hybridized carbons (Fsp3) is 0.923. The van der Waals surface area contributed by atoms with Gasteiger partial charge in [-0.05, 0) is 25.3 Å². The van der Waals surface area contributed by atoms with Crippen molar-refractivity contribution in [3.05, 3.63) is 0 Å². The molecule has 1 amide bonds. The van der Waals surface area contributed by atoms with Gasteiger partial charge in [0, 0.05) is 18.5 Å². The van der Waals surface area contributed by atoms with Gasteiger partial charge in [0.2, 0.25) is 5.91 Å².